The number of nitrogens with zero attached hydrogens (tertiary/aromatic N) is 2. The summed E-state index contributed by atoms with van der Waals surface area (Å²) in [6.07, 6.45) is 3.02. The second-order valence-electron chi connectivity index (χ2n) is 7.85. The standard InChI is InChI=1S/C27H27N3O3/c1-3-4-16-25(20-10-6-5-7-11-20)33-24-15-9-12-21(18-24)26(31)28-23-14-8-13-22(17-23)27-30-29-19(2)32-27/h5-15,17-18,25H,3-4,16H2,1-2H3,(H,28,31). The Morgan fingerprint density at radius 3 is 2.58 bits per heavy atom. The molecule has 0 aliphatic rings. The molecule has 1 aromatic heterocycles. The smallest absolute Gasteiger partial charge is 0.255 e. The van der Waals surface area contributed by atoms with Gasteiger partial charge in [0.2, 0.25) is 11.8 Å². The summed E-state index contributed by atoms with van der Waals surface area (Å²) >= 11 is 0. The highest BCUT2D eigenvalue weighted by Crippen LogP contribution is 2.28. The van der Waals surface area contributed by atoms with E-state index in [9.17, 15) is 4.79 Å². The number of aryl methyl sites for hydroxylation is 1. The molecule has 0 aliphatic heterocycles. The molecule has 0 saturated carbocycles. The van der Waals surface area contributed by atoms with Crippen LogP contribution < -0.4 is 10.1 Å². The lowest BCUT2D eigenvalue weighted by atomic mass is 10.0. The molecule has 0 radical (unpaired) electrons. The number of anilines is 1. The molecule has 0 bridgehead atoms. The second-order valence-corrected chi connectivity index (χ2v) is 7.85. The third kappa shape index (κ3) is 5.86. The summed E-state index contributed by atoms with van der Waals surface area (Å²) in [5, 5.41) is 10.8. The molecular formula is C27H27N3O3. The van der Waals surface area contributed by atoms with Crippen LogP contribution in [-0.4, -0.2) is 16.1 Å². The molecule has 1 atom stereocenters. The molecule has 33 heavy (non-hydrogen) atoms. The fraction of sp³-hybridized carbons (Fsp3) is 0.222. The predicted octanol–water partition coefficient (Wildman–Crippen LogP) is 6.61. The monoisotopic (exact) mass is 441 g/mol. The van der Waals surface area contributed by atoms with Crippen molar-refractivity contribution >= 4 is 11.6 Å². The molecule has 0 spiro atoms. The van der Waals surface area contributed by atoms with Gasteiger partial charge in [-0.1, -0.05) is 55.8 Å². The predicted molar refractivity (Wildman–Crippen MR) is 128 cm³/mol. The zero-order valence-electron chi connectivity index (χ0n) is 18.8. The Kier molecular flexibility index (Phi) is 7.15. The molecule has 1 unspecified atom stereocenters. The normalized spacial score (nSPS) is 11.7. The van der Waals surface area contributed by atoms with E-state index in [1.807, 2.05) is 48.5 Å². The molecule has 0 fully saturated rings. The van der Waals surface area contributed by atoms with Crippen LogP contribution in [0.2, 0.25) is 0 Å². The molecule has 1 N–H and O–H groups in total. The van der Waals surface area contributed by atoms with Gasteiger partial charge >= 0.3 is 0 Å². The number of ether oxygens (including phenoxy) is 1. The number of amides is 1. The average molecular weight is 442 g/mol. The molecule has 6 nitrogen and oxygen atoms in total. The highest BCUT2D eigenvalue weighted by atomic mass is 16.5. The number of hydrogen-bond donors (Lipinski definition) is 1. The maximum Gasteiger partial charge on any atom is 0.255 e. The summed E-state index contributed by atoms with van der Waals surface area (Å²) in [7, 11) is 0. The third-order valence-electron chi connectivity index (χ3n) is 5.26. The first-order chi connectivity index (χ1) is 16.1. The van der Waals surface area contributed by atoms with Crippen LogP contribution in [0.1, 0.15) is 54.1 Å². The lowest BCUT2D eigenvalue weighted by Crippen LogP contribution is -2.13. The Bertz CT molecular complexity index is 1200. The van der Waals surface area contributed by atoms with Crippen LogP contribution in [-0.2, 0) is 0 Å². The highest BCUT2D eigenvalue weighted by molar-refractivity contribution is 6.04. The molecule has 4 aromatic rings. The maximum absolute atomic E-state index is 12.9. The van der Waals surface area contributed by atoms with E-state index < -0.39 is 0 Å². The van der Waals surface area contributed by atoms with Crippen molar-refractivity contribution in [3.05, 3.63) is 95.9 Å². The van der Waals surface area contributed by atoms with Crippen molar-refractivity contribution in [2.24, 2.45) is 0 Å². The number of hydrogen-bond acceptors (Lipinski definition) is 5. The van der Waals surface area contributed by atoms with E-state index in [-0.39, 0.29) is 12.0 Å². The van der Waals surface area contributed by atoms with Gasteiger partial charge in [0.05, 0.1) is 0 Å². The lowest BCUT2D eigenvalue weighted by molar-refractivity contribution is 0.102. The highest BCUT2D eigenvalue weighted by Gasteiger charge is 2.15. The number of carbonyl (C=O) groups excluding carboxylic acids is 1. The summed E-state index contributed by atoms with van der Waals surface area (Å²) in [4.78, 5) is 12.9. The summed E-state index contributed by atoms with van der Waals surface area (Å²) in [5.74, 6) is 1.36. The Morgan fingerprint density at radius 1 is 1.00 bits per heavy atom. The number of nitrogens with one attached hydrogen (secondary N) is 1. The fourth-order valence-corrected chi connectivity index (χ4v) is 3.57. The first-order valence-corrected chi connectivity index (χ1v) is 11.2. The van der Waals surface area contributed by atoms with Crippen molar-refractivity contribution in [1.29, 1.82) is 0 Å². The van der Waals surface area contributed by atoms with E-state index >= 15 is 0 Å². The molecule has 0 saturated heterocycles. The summed E-state index contributed by atoms with van der Waals surface area (Å²) in [5.41, 5.74) is 3.04. The first-order valence-electron chi connectivity index (χ1n) is 11.2. The third-order valence-corrected chi connectivity index (χ3v) is 5.26. The summed E-state index contributed by atoms with van der Waals surface area (Å²) < 4.78 is 11.8. The van der Waals surface area contributed by atoms with E-state index in [0.29, 0.717) is 28.8 Å². The van der Waals surface area contributed by atoms with Crippen LogP contribution in [0.5, 0.6) is 5.75 Å². The van der Waals surface area contributed by atoms with E-state index in [1.54, 1.807) is 25.1 Å². The minimum atomic E-state index is -0.218. The summed E-state index contributed by atoms with van der Waals surface area (Å²) in [6.45, 7) is 3.91. The van der Waals surface area contributed by atoms with Gasteiger partial charge in [-0.15, -0.1) is 10.2 Å². The number of unbranched alkanes of at least 4 members (excludes halogenated alkanes) is 1. The van der Waals surface area contributed by atoms with Crippen molar-refractivity contribution in [1.82, 2.24) is 10.2 Å². The Balaban J connectivity index is 1.48. The van der Waals surface area contributed by atoms with E-state index in [4.69, 9.17) is 9.15 Å². The SMILES string of the molecule is CCCCC(Oc1cccc(C(=O)Nc2cccc(-c3nnc(C)o3)c2)c1)c1ccccc1. The zero-order chi connectivity index (χ0) is 23.0. The van der Waals surface area contributed by atoms with Gasteiger partial charge in [-0.3, -0.25) is 4.79 Å². The molecule has 4 rings (SSSR count). The Labute approximate surface area is 193 Å². The molecule has 3 aromatic carbocycles. The van der Waals surface area contributed by atoms with Gasteiger partial charge in [-0.25, -0.2) is 0 Å². The van der Waals surface area contributed by atoms with Crippen LogP contribution in [0.3, 0.4) is 0 Å². The fourth-order valence-electron chi connectivity index (χ4n) is 3.57. The van der Waals surface area contributed by atoms with E-state index in [2.05, 4.69) is 34.6 Å². The maximum atomic E-state index is 12.9. The number of carbonyl (C=O) groups is 1. The molecule has 1 amide bonds. The number of benzene rings is 3. The van der Waals surface area contributed by atoms with Gasteiger partial charge in [-0.2, -0.15) is 0 Å². The zero-order valence-corrected chi connectivity index (χ0v) is 18.8. The van der Waals surface area contributed by atoms with Crippen molar-refractivity contribution in [2.75, 3.05) is 5.32 Å². The van der Waals surface area contributed by atoms with Crippen LogP contribution in [0.15, 0.2) is 83.3 Å². The molecule has 6 heteroatoms. The van der Waals surface area contributed by atoms with Gasteiger partial charge < -0.3 is 14.5 Å². The molecule has 1 heterocycles. The van der Waals surface area contributed by atoms with E-state index in [0.717, 1.165) is 30.4 Å². The number of rotatable bonds is 9. The quantitative estimate of drug-likeness (QED) is 0.316. The second kappa shape index (κ2) is 10.6. The van der Waals surface area contributed by atoms with Gasteiger partial charge in [0.25, 0.3) is 5.91 Å². The average Bonchev–Trinajstić information content (AvgIpc) is 3.29. The van der Waals surface area contributed by atoms with Gasteiger partial charge in [0, 0.05) is 23.7 Å². The summed E-state index contributed by atoms with van der Waals surface area (Å²) in [6, 6.07) is 24.8. The van der Waals surface area contributed by atoms with Gasteiger partial charge in [0.15, 0.2) is 0 Å². The van der Waals surface area contributed by atoms with Crippen LogP contribution in [0.25, 0.3) is 11.5 Å². The largest absolute Gasteiger partial charge is 0.486 e. The molecule has 0 aliphatic carbocycles. The van der Waals surface area contributed by atoms with Crippen LogP contribution in [0, 0.1) is 6.92 Å². The molecule has 168 valence electrons. The lowest BCUT2D eigenvalue weighted by Gasteiger charge is -2.20. The number of aromatic nitrogens is 2. The van der Waals surface area contributed by atoms with Crippen LogP contribution >= 0.6 is 0 Å². The topological polar surface area (TPSA) is 77.2 Å². The Hall–Kier alpha value is -3.93. The van der Waals surface area contributed by atoms with E-state index in [1.165, 1.54) is 0 Å². The van der Waals surface area contributed by atoms with Crippen molar-refractivity contribution in [3.8, 4) is 17.2 Å². The van der Waals surface area contributed by atoms with Crippen molar-refractivity contribution in [2.45, 2.75) is 39.2 Å². The van der Waals surface area contributed by atoms with Gasteiger partial charge in [0.1, 0.15) is 11.9 Å². The van der Waals surface area contributed by atoms with Gasteiger partial charge in [-0.05, 0) is 54.8 Å². The first kappa shape index (κ1) is 22.3. The minimum Gasteiger partial charge on any atom is -0.486 e. The Morgan fingerprint density at radius 2 is 1.82 bits per heavy atom. The van der Waals surface area contributed by atoms with Crippen LogP contribution in [0.4, 0.5) is 5.69 Å². The van der Waals surface area contributed by atoms with Crippen molar-refractivity contribution < 1.29 is 13.9 Å². The van der Waals surface area contributed by atoms with Crippen molar-refractivity contribution in [3.63, 3.8) is 0 Å². The minimum absolute atomic E-state index is 0.0565. The molecular weight excluding hydrogens is 414 g/mol.